The van der Waals surface area contributed by atoms with Crippen LogP contribution in [0.25, 0.3) is 0 Å². The molecule has 1 aliphatic rings. The maximum atomic E-state index is 13.4. The van der Waals surface area contributed by atoms with Gasteiger partial charge in [0.15, 0.2) is 0 Å². The lowest BCUT2D eigenvalue weighted by Crippen LogP contribution is -2.57. The van der Waals surface area contributed by atoms with Gasteiger partial charge >= 0.3 is 0 Å². The van der Waals surface area contributed by atoms with Crippen LogP contribution in [0, 0.1) is 0 Å². The summed E-state index contributed by atoms with van der Waals surface area (Å²) < 4.78 is 13.4. The monoisotopic (exact) mass is 221 g/mol. The van der Waals surface area contributed by atoms with E-state index in [-0.39, 0.29) is 5.41 Å². The molecule has 0 atom stereocenters. The molecule has 0 radical (unpaired) electrons. The van der Waals surface area contributed by atoms with Gasteiger partial charge < -0.3 is 4.90 Å². The molecule has 0 aromatic heterocycles. The summed E-state index contributed by atoms with van der Waals surface area (Å²) in [5.41, 5.74) is 1.63. The predicted molar refractivity (Wildman–Crippen MR) is 66.9 cm³/mol. The van der Waals surface area contributed by atoms with Gasteiger partial charge in [0, 0.05) is 5.69 Å². The van der Waals surface area contributed by atoms with Crippen LogP contribution in [0.3, 0.4) is 0 Å². The van der Waals surface area contributed by atoms with E-state index in [1.165, 1.54) is 5.56 Å². The summed E-state index contributed by atoms with van der Waals surface area (Å²) in [5.74, 6) is 0. The summed E-state index contributed by atoms with van der Waals surface area (Å²) in [6.45, 7) is 9.29. The van der Waals surface area contributed by atoms with E-state index < -0.39 is 5.67 Å². The van der Waals surface area contributed by atoms with Crippen molar-refractivity contribution in [1.82, 2.24) is 0 Å². The highest BCUT2D eigenvalue weighted by Crippen LogP contribution is 2.31. The van der Waals surface area contributed by atoms with Gasteiger partial charge in [0.25, 0.3) is 0 Å². The van der Waals surface area contributed by atoms with Crippen molar-refractivity contribution in [2.24, 2.45) is 0 Å². The standard InChI is InChI=1S/C14H20FN/c1-13(2,3)11-5-7-12(8-6-11)16-9-14(4,15)10-16/h5-8H,9-10H2,1-4H3. The smallest absolute Gasteiger partial charge is 0.142 e. The summed E-state index contributed by atoms with van der Waals surface area (Å²) in [7, 11) is 0. The van der Waals surface area contributed by atoms with Gasteiger partial charge in [-0.25, -0.2) is 4.39 Å². The molecule has 1 heterocycles. The van der Waals surface area contributed by atoms with Gasteiger partial charge in [0.05, 0.1) is 13.1 Å². The van der Waals surface area contributed by atoms with Gasteiger partial charge in [-0.1, -0.05) is 32.9 Å². The number of benzene rings is 1. The first-order chi connectivity index (χ1) is 7.28. The number of hydrogen-bond acceptors (Lipinski definition) is 1. The molecule has 1 aromatic carbocycles. The highest BCUT2D eigenvalue weighted by molar-refractivity contribution is 5.51. The molecule has 1 aromatic rings. The second-order valence-corrected chi connectivity index (χ2v) is 6.07. The molecule has 0 bridgehead atoms. The zero-order valence-electron chi connectivity index (χ0n) is 10.5. The van der Waals surface area contributed by atoms with Crippen molar-refractivity contribution >= 4 is 5.69 Å². The summed E-state index contributed by atoms with van der Waals surface area (Å²) >= 11 is 0. The summed E-state index contributed by atoms with van der Waals surface area (Å²) in [4.78, 5) is 2.08. The van der Waals surface area contributed by atoms with Crippen LogP contribution in [0.4, 0.5) is 10.1 Å². The van der Waals surface area contributed by atoms with Crippen molar-refractivity contribution in [3.8, 4) is 0 Å². The number of halogens is 1. The Bertz CT molecular complexity index is 365. The molecule has 1 nitrogen and oxygen atoms in total. The van der Waals surface area contributed by atoms with E-state index in [1.54, 1.807) is 6.92 Å². The quantitative estimate of drug-likeness (QED) is 0.701. The van der Waals surface area contributed by atoms with Crippen LogP contribution < -0.4 is 4.90 Å². The van der Waals surface area contributed by atoms with Crippen LogP contribution in [-0.4, -0.2) is 18.8 Å². The Morgan fingerprint density at radius 2 is 1.62 bits per heavy atom. The van der Waals surface area contributed by atoms with Gasteiger partial charge in [0.1, 0.15) is 5.67 Å². The third-order valence-corrected chi connectivity index (χ3v) is 3.14. The van der Waals surface area contributed by atoms with E-state index in [0.717, 1.165) is 5.69 Å². The van der Waals surface area contributed by atoms with E-state index >= 15 is 0 Å². The van der Waals surface area contributed by atoms with Crippen molar-refractivity contribution in [3.63, 3.8) is 0 Å². The normalized spacial score (nSPS) is 19.4. The molecule has 0 aliphatic carbocycles. The first-order valence-corrected chi connectivity index (χ1v) is 5.82. The minimum atomic E-state index is -0.997. The van der Waals surface area contributed by atoms with E-state index in [2.05, 4.69) is 49.9 Å². The number of anilines is 1. The van der Waals surface area contributed by atoms with Crippen molar-refractivity contribution in [1.29, 1.82) is 0 Å². The lowest BCUT2D eigenvalue weighted by atomic mass is 9.87. The molecule has 16 heavy (non-hydrogen) atoms. The van der Waals surface area contributed by atoms with Crippen LogP contribution in [0.1, 0.15) is 33.3 Å². The Labute approximate surface area is 97.3 Å². The van der Waals surface area contributed by atoms with Crippen LogP contribution in [0.15, 0.2) is 24.3 Å². The molecule has 1 saturated heterocycles. The summed E-state index contributed by atoms with van der Waals surface area (Å²) in [6, 6.07) is 8.47. The van der Waals surface area contributed by atoms with Crippen molar-refractivity contribution in [2.45, 2.75) is 38.8 Å². The zero-order chi connectivity index (χ0) is 12.0. The number of rotatable bonds is 1. The molecule has 1 fully saturated rings. The second-order valence-electron chi connectivity index (χ2n) is 6.07. The fraction of sp³-hybridized carbons (Fsp3) is 0.571. The molecular weight excluding hydrogens is 201 g/mol. The van der Waals surface area contributed by atoms with Gasteiger partial charge in [0.2, 0.25) is 0 Å². The Morgan fingerprint density at radius 1 is 1.12 bits per heavy atom. The van der Waals surface area contributed by atoms with Gasteiger partial charge in [-0.2, -0.15) is 0 Å². The summed E-state index contributed by atoms with van der Waals surface area (Å²) in [5, 5.41) is 0. The highest BCUT2D eigenvalue weighted by Gasteiger charge is 2.38. The first kappa shape index (κ1) is 11.4. The Morgan fingerprint density at radius 3 is 2.00 bits per heavy atom. The average molecular weight is 221 g/mol. The van der Waals surface area contributed by atoms with E-state index in [0.29, 0.717) is 13.1 Å². The SMILES string of the molecule is CC1(F)CN(c2ccc(C(C)(C)C)cc2)C1. The zero-order valence-corrected chi connectivity index (χ0v) is 10.5. The first-order valence-electron chi connectivity index (χ1n) is 5.82. The van der Waals surface area contributed by atoms with Gasteiger partial charge in [-0.05, 0) is 30.0 Å². The van der Waals surface area contributed by atoms with E-state index in [9.17, 15) is 4.39 Å². The molecule has 0 N–H and O–H groups in total. The lowest BCUT2D eigenvalue weighted by molar-refractivity contribution is 0.144. The molecule has 0 spiro atoms. The maximum absolute atomic E-state index is 13.4. The topological polar surface area (TPSA) is 3.24 Å². The van der Waals surface area contributed by atoms with Crippen LogP contribution in [0.2, 0.25) is 0 Å². The average Bonchev–Trinajstić information content (AvgIpc) is 2.13. The van der Waals surface area contributed by atoms with Crippen molar-refractivity contribution in [3.05, 3.63) is 29.8 Å². The predicted octanol–water partition coefficient (Wildman–Crippen LogP) is 3.53. The Balaban J connectivity index is 2.10. The summed E-state index contributed by atoms with van der Waals surface area (Å²) in [6.07, 6.45) is 0. The molecule has 2 rings (SSSR count). The van der Waals surface area contributed by atoms with Crippen molar-refractivity contribution in [2.75, 3.05) is 18.0 Å². The van der Waals surface area contributed by atoms with Crippen LogP contribution >= 0.6 is 0 Å². The number of nitrogens with zero attached hydrogens (tertiary/aromatic N) is 1. The van der Waals surface area contributed by atoms with Gasteiger partial charge in [-0.15, -0.1) is 0 Å². The van der Waals surface area contributed by atoms with Crippen LogP contribution in [0.5, 0.6) is 0 Å². The fourth-order valence-corrected chi connectivity index (χ4v) is 2.10. The molecule has 1 aliphatic heterocycles. The number of hydrogen-bond donors (Lipinski definition) is 0. The maximum Gasteiger partial charge on any atom is 0.142 e. The number of alkyl halides is 1. The Kier molecular flexibility index (Phi) is 2.48. The third kappa shape index (κ3) is 2.21. The fourth-order valence-electron chi connectivity index (χ4n) is 2.10. The highest BCUT2D eigenvalue weighted by atomic mass is 19.1. The van der Waals surface area contributed by atoms with Crippen LogP contribution in [-0.2, 0) is 5.41 Å². The molecule has 0 amide bonds. The van der Waals surface area contributed by atoms with E-state index in [1.807, 2.05) is 0 Å². The second kappa shape index (κ2) is 3.47. The molecule has 0 saturated carbocycles. The largest absolute Gasteiger partial charge is 0.365 e. The van der Waals surface area contributed by atoms with E-state index in [4.69, 9.17) is 0 Å². The van der Waals surface area contributed by atoms with Gasteiger partial charge in [-0.3, -0.25) is 0 Å². The third-order valence-electron chi connectivity index (χ3n) is 3.14. The molecule has 2 heteroatoms. The molecular formula is C14H20FN. The molecule has 88 valence electrons. The lowest BCUT2D eigenvalue weighted by Gasteiger charge is -2.44. The Hall–Kier alpha value is -1.05. The van der Waals surface area contributed by atoms with Crippen molar-refractivity contribution < 1.29 is 4.39 Å². The molecule has 0 unspecified atom stereocenters. The minimum absolute atomic E-state index is 0.183. The minimum Gasteiger partial charge on any atom is -0.365 e.